The zero-order chi connectivity index (χ0) is 7.49. The summed E-state index contributed by atoms with van der Waals surface area (Å²) in [5.41, 5.74) is 0.831. The summed E-state index contributed by atoms with van der Waals surface area (Å²) in [5, 5.41) is 0. The molecule has 0 aliphatic rings. The lowest BCUT2D eigenvalue weighted by Gasteiger charge is -2.25. The van der Waals surface area contributed by atoms with Crippen LogP contribution in [0.5, 0.6) is 0 Å². The van der Waals surface area contributed by atoms with Crippen LogP contribution in [-0.2, 0) is 4.74 Å². The van der Waals surface area contributed by atoms with Gasteiger partial charge in [-0.2, -0.15) is 0 Å². The van der Waals surface area contributed by atoms with Gasteiger partial charge in [0.25, 0.3) is 0 Å². The van der Waals surface area contributed by atoms with Gasteiger partial charge in [-0.3, -0.25) is 0 Å². The smallest absolute Gasteiger partial charge is 0.0801 e. The Labute approximate surface area is 59.4 Å². The standard InChI is InChI=1S/C7H18OSi/c1-7(2)9(4,5)6-8-3/h7H,6H2,1-5H3. The van der Waals surface area contributed by atoms with Crippen molar-refractivity contribution in [2.45, 2.75) is 32.5 Å². The third-order valence-electron chi connectivity index (χ3n) is 2.08. The second kappa shape index (κ2) is 3.37. The summed E-state index contributed by atoms with van der Waals surface area (Å²) in [6.45, 7) is 9.29. The van der Waals surface area contributed by atoms with Crippen LogP contribution in [0.4, 0.5) is 0 Å². The fourth-order valence-electron chi connectivity index (χ4n) is 0.539. The largest absolute Gasteiger partial charge is 0.388 e. The average Bonchev–Trinajstić information content (AvgIpc) is 1.65. The number of methoxy groups -OCH3 is 1. The average molecular weight is 146 g/mol. The third-order valence-corrected chi connectivity index (χ3v) is 6.24. The predicted molar refractivity (Wildman–Crippen MR) is 44.5 cm³/mol. The molecule has 0 aromatic heterocycles. The van der Waals surface area contributed by atoms with Crippen LogP contribution >= 0.6 is 0 Å². The van der Waals surface area contributed by atoms with Crippen LogP contribution in [0.25, 0.3) is 0 Å². The van der Waals surface area contributed by atoms with Gasteiger partial charge in [-0.05, 0) is 5.54 Å². The van der Waals surface area contributed by atoms with Crippen LogP contribution in [0.15, 0.2) is 0 Å². The van der Waals surface area contributed by atoms with Crippen molar-refractivity contribution < 1.29 is 4.74 Å². The van der Waals surface area contributed by atoms with Gasteiger partial charge < -0.3 is 4.74 Å². The van der Waals surface area contributed by atoms with Crippen LogP contribution in [-0.4, -0.2) is 21.4 Å². The van der Waals surface area contributed by atoms with E-state index in [9.17, 15) is 0 Å². The molecule has 0 atom stereocenters. The van der Waals surface area contributed by atoms with Gasteiger partial charge >= 0.3 is 0 Å². The molecule has 0 heterocycles. The molecule has 0 fully saturated rings. The second-order valence-electron chi connectivity index (χ2n) is 3.58. The Balaban J connectivity index is 3.70. The summed E-state index contributed by atoms with van der Waals surface area (Å²) < 4.78 is 5.13. The number of hydrogen-bond donors (Lipinski definition) is 0. The molecule has 0 spiro atoms. The van der Waals surface area contributed by atoms with Crippen LogP contribution in [0.3, 0.4) is 0 Å². The number of hydrogen-bond acceptors (Lipinski definition) is 1. The first-order valence-corrected chi connectivity index (χ1v) is 6.78. The van der Waals surface area contributed by atoms with Gasteiger partial charge in [0.1, 0.15) is 0 Å². The Morgan fingerprint density at radius 1 is 1.33 bits per heavy atom. The fraction of sp³-hybridized carbons (Fsp3) is 1.00. The Bertz CT molecular complexity index is 79.0. The minimum atomic E-state index is -1.00. The Hall–Kier alpha value is 0.177. The minimum Gasteiger partial charge on any atom is -0.388 e. The van der Waals surface area contributed by atoms with Crippen molar-refractivity contribution in [3.63, 3.8) is 0 Å². The van der Waals surface area contributed by atoms with E-state index in [4.69, 9.17) is 4.74 Å². The van der Waals surface area contributed by atoms with E-state index in [1.165, 1.54) is 0 Å². The van der Waals surface area contributed by atoms with E-state index in [1.807, 2.05) is 0 Å². The molecule has 0 saturated heterocycles. The van der Waals surface area contributed by atoms with E-state index in [2.05, 4.69) is 26.9 Å². The molecule has 9 heavy (non-hydrogen) atoms. The van der Waals surface area contributed by atoms with Gasteiger partial charge in [0.15, 0.2) is 0 Å². The summed E-state index contributed by atoms with van der Waals surface area (Å²) in [6.07, 6.45) is 0.991. The van der Waals surface area contributed by atoms with E-state index >= 15 is 0 Å². The molecule has 2 heteroatoms. The molecule has 0 aromatic rings. The molecule has 56 valence electrons. The minimum absolute atomic E-state index is 0.831. The van der Waals surface area contributed by atoms with Crippen molar-refractivity contribution in [1.29, 1.82) is 0 Å². The summed E-state index contributed by atoms with van der Waals surface area (Å²) in [7, 11) is 0.786. The third kappa shape index (κ3) is 3.01. The van der Waals surface area contributed by atoms with Crippen LogP contribution in [0.1, 0.15) is 13.8 Å². The quantitative estimate of drug-likeness (QED) is 0.555. The molecule has 0 saturated carbocycles. The molecule has 0 bridgehead atoms. The normalized spacial score (nSPS) is 12.7. The van der Waals surface area contributed by atoms with Crippen molar-refractivity contribution >= 4 is 8.07 Å². The molecule has 0 aliphatic heterocycles. The van der Waals surface area contributed by atoms with Crippen LogP contribution in [0, 0.1) is 0 Å². The van der Waals surface area contributed by atoms with E-state index in [0.717, 1.165) is 11.8 Å². The molecule has 0 aliphatic carbocycles. The molecule has 1 nitrogen and oxygen atoms in total. The van der Waals surface area contributed by atoms with Crippen molar-refractivity contribution in [3.05, 3.63) is 0 Å². The SMILES string of the molecule is COC[Si](C)(C)C(C)C. The molecule has 0 N–H and O–H groups in total. The molecule has 0 radical (unpaired) electrons. The number of rotatable bonds is 3. The molecular formula is C7H18OSi. The highest BCUT2D eigenvalue weighted by Crippen LogP contribution is 2.19. The summed E-state index contributed by atoms with van der Waals surface area (Å²) >= 11 is 0. The maximum Gasteiger partial charge on any atom is 0.0801 e. The lowest BCUT2D eigenvalue weighted by Crippen LogP contribution is -2.35. The highest BCUT2D eigenvalue weighted by atomic mass is 28.3. The van der Waals surface area contributed by atoms with Gasteiger partial charge in [-0.1, -0.05) is 26.9 Å². The number of ether oxygens (including phenoxy) is 1. The lowest BCUT2D eigenvalue weighted by atomic mass is 10.6. The molecule has 0 amide bonds. The molecule has 0 rings (SSSR count). The van der Waals surface area contributed by atoms with E-state index in [1.54, 1.807) is 7.11 Å². The van der Waals surface area contributed by atoms with Crippen molar-refractivity contribution in [2.75, 3.05) is 13.3 Å². The monoisotopic (exact) mass is 146 g/mol. The van der Waals surface area contributed by atoms with E-state index < -0.39 is 8.07 Å². The van der Waals surface area contributed by atoms with Crippen molar-refractivity contribution in [3.8, 4) is 0 Å². The van der Waals surface area contributed by atoms with Gasteiger partial charge in [0.2, 0.25) is 0 Å². The zero-order valence-electron chi connectivity index (χ0n) is 7.19. The first kappa shape index (κ1) is 9.18. The lowest BCUT2D eigenvalue weighted by molar-refractivity contribution is 0.245. The van der Waals surface area contributed by atoms with Gasteiger partial charge in [-0.25, -0.2) is 0 Å². The van der Waals surface area contributed by atoms with Gasteiger partial charge in [0, 0.05) is 13.3 Å². The first-order chi connectivity index (χ1) is 4.00. The Morgan fingerprint density at radius 2 is 1.78 bits per heavy atom. The predicted octanol–water partition coefficient (Wildman–Crippen LogP) is 2.29. The molecule has 0 aromatic carbocycles. The summed E-state index contributed by atoms with van der Waals surface area (Å²) in [4.78, 5) is 0. The first-order valence-electron chi connectivity index (χ1n) is 3.49. The van der Waals surface area contributed by atoms with Crippen molar-refractivity contribution in [2.24, 2.45) is 0 Å². The van der Waals surface area contributed by atoms with Gasteiger partial charge in [0.05, 0.1) is 8.07 Å². The zero-order valence-corrected chi connectivity index (χ0v) is 8.19. The van der Waals surface area contributed by atoms with E-state index in [0.29, 0.717) is 0 Å². The second-order valence-corrected chi connectivity index (χ2v) is 9.00. The maximum absolute atomic E-state index is 5.13. The fourth-order valence-corrected chi connectivity index (χ4v) is 1.62. The van der Waals surface area contributed by atoms with Gasteiger partial charge in [-0.15, -0.1) is 0 Å². The summed E-state index contributed by atoms with van der Waals surface area (Å²) in [6, 6.07) is 0. The maximum atomic E-state index is 5.13. The highest BCUT2D eigenvalue weighted by Gasteiger charge is 2.24. The van der Waals surface area contributed by atoms with E-state index in [-0.39, 0.29) is 0 Å². The van der Waals surface area contributed by atoms with Crippen molar-refractivity contribution in [1.82, 2.24) is 0 Å². The molecular weight excluding hydrogens is 128 g/mol. The Morgan fingerprint density at radius 3 is 1.89 bits per heavy atom. The Kier molecular flexibility index (Phi) is 3.44. The molecule has 0 unspecified atom stereocenters. The summed E-state index contributed by atoms with van der Waals surface area (Å²) in [5.74, 6) is 0. The highest BCUT2D eigenvalue weighted by molar-refractivity contribution is 6.78. The van der Waals surface area contributed by atoms with Crippen LogP contribution in [0.2, 0.25) is 18.6 Å². The van der Waals surface area contributed by atoms with Crippen LogP contribution < -0.4 is 0 Å². The topological polar surface area (TPSA) is 9.23 Å².